The van der Waals surface area contributed by atoms with Gasteiger partial charge in [0.1, 0.15) is 6.61 Å². The Morgan fingerprint density at radius 1 is 0.828 bits per heavy atom. The van der Waals surface area contributed by atoms with E-state index in [-0.39, 0.29) is 5.75 Å². The summed E-state index contributed by atoms with van der Waals surface area (Å²) >= 11 is 0. The normalized spacial score (nSPS) is 10.7. The van der Waals surface area contributed by atoms with Crippen molar-refractivity contribution in [1.29, 1.82) is 0 Å². The van der Waals surface area contributed by atoms with Crippen LogP contribution in [0.2, 0.25) is 0 Å². The lowest BCUT2D eigenvalue weighted by atomic mass is 10.0. The van der Waals surface area contributed by atoms with Crippen LogP contribution in [0.3, 0.4) is 0 Å². The first kappa shape index (κ1) is 18.6. The maximum absolute atomic E-state index is 10.2. The first-order valence-electron chi connectivity index (χ1n) is 9.20. The van der Waals surface area contributed by atoms with Gasteiger partial charge in [-0.05, 0) is 47.3 Å². The number of ether oxygens (including phenoxy) is 3. The van der Waals surface area contributed by atoms with E-state index < -0.39 is 0 Å². The van der Waals surface area contributed by atoms with Crippen molar-refractivity contribution in [1.82, 2.24) is 4.98 Å². The van der Waals surface area contributed by atoms with Crippen molar-refractivity contribution in [2.24, 2.45) is 0 Å². The smallest absolute Gasteiger partial charge is 0.162 e. The highest BCUT2D eigenvalue weighted by molar-refractivity contribution is 5.96. The van der Waals surface area contributed by atoms with Crippen molar-refractivity contribution in [3.63, 3.8) is 0 Å². The SMILES string of the molecule is COc1cc2ccnc(-c3ccc(OC)c(OCc4ccccc4)c3)c2cc1O. The highest BCUT2D eigenvalue weighted by Crippen LogP contribution is 2.38. The number of hydrogen-bond acceptors (Lipinski definition) is 5. The minimum absolute atomic E-state index is 0.0725. The Bertz CT molecular complexity index is 1140. The molecule has 3 aromatic carbocycles. The molecule has 29 heavy (non-hydrogen) atoms. The van der Waals surface area contributed by atoms with Crippen LogP contribution in [0.1, 0.15) is 5.56 Å². The summed E-state index contributed by atoms with van der Waals surface area (Å²) in [5.41, 5.74) is 2.68. The molecule has 0 bridgehead atoms. The summed E-state index contributed by atoms with van der Waals surface area (Å²) in [5, 5.41) is 12.0. The van der Waals surface area contributed by atoms with Gasteiger partial charge in [0.25, 0.3) is 0 Å². The fourth-order valence-electron chi connectivity index (χ4n) is 3.25. The lowest BCUT2D eigenvalue weighted by Crippen LogP contribution is -1.98. The molecule has 0 aliphatic carbocycles. The molecule has 0 aliphatic rings. The lowest BCUT2D eigenvalue weighted by molar-refractivity contribution is 0.284. The summed E-state index contributed by atoms with van der Waals surface area (Å²) in [5.74, 6) is 1.78. The van der Waals surface area contributed by atoms with Crippen molar-refractivity contribution in [2.75, 3.05) is 14.2 Å². The molecule has 146 valence electrons. The average Bonchev–Trinajstić information content (AvgIpc) is 2.77. The predicted molar refractivity (Wildman–Crippen MR) is 113 cm³/mol. The van der Waals surface area contributed by atoms with E-state index in [1.165, 1.54) is 7.11 Å². The van der Waals surface area contributed by atoms with Gasteiger partial charge in [0, 0.05) is 17.1 Å². The monoisotopic (exact) mass is 387 g/mol. The molecule has 5 heteroatoms. The highest BCUT2D eigenvalue weighted by Gasteiger charge is 2.13. The minimum atomic E-state index is 0.0725. The summed E-state index contributed by atoms with van der Waals surface area (Å²) in [7, 11) is 3.15. The van der Waals surface area contributed by atoms with Gasteiger partial charge in [-0.25, -0.2) is 0 Å². The van der Waals surface area contributed by atoms with Crippen LogP contribution in [-0.2, 0) is 6.61 Å². The van der Waals surface area contributed by atoms with Crippen LogP contribution in [0.5, 0.6) is 23.0 Å². The number of hydrogen-bond donors (Lipinski definition) is 1. The molecule has 5 nitrogen and oxygen atoms in total. The van der Waals surface area contributed by atoms with Gasteiger partial charge in [0.05, 0.1) is 19.9 Å². The van der Waals surface area contributed by atoms with Crippen LogP contribution in [0.15, 0.2) is 72.9 Å². The van der Waals surface area contributed by atoms with Gasteiger partial charge < -0.3 is 19.3 Å². The largest absolute Gasteiger partial charge is 0.504 e. The number of aromatic hydroxyl groups is 1. The Morgan fingerprint density at radius 2 is 1.62 bits per heavy atom. The third kappa shape index (κ3) is 3.80. The topological polar surface area (TPSA) is 60.8 Å². The van der Waals surface area contributed by atoms with E-state index in [1.807, 2.05) is 54.6 Å². The molecule has 1 N–H and O–H groups in total. The highest BCUT2D eigenvalue weighted by atomic mass is 16.5. The number of methoxy groups -OCH3 is 2. The van der Waals surface area contributed by atoms with Crippen LogP contribution in [-0.4, -0.2) is 24.3 Å². The minimum Gasteiger partial charge on any atom is -0.504 e. The van der Waals surface area contributed by atoms with E-state index in [0.29, 0.717) is 23.9 Å². The number of fused-ring (bicyclic) bond motifs is 1. The van der Waals surface area contributed by atoms with Crippen molar-refractivity contribution >= 4 is 10.8 Å². The van der Waals surface area contributed by atoms with Gasteiger partial charge in [0.2, 0.25) is 0 Å². The Kier molecular flexibility index (Phi) is 5.20. The maximum Gasteiger partial charge on any atom is 0.162 e. The Labute approximate surface area is 169 Å². The molecule has 0 radical (unpaired) electrons. The summed E-state index contributed by atoms with van der Waals surface area (Å²) in [6, 6.07) is 21.0. The van der Waals surface area contributed by atoms with Gasteiger partial charge in [-0.2, -0.15) is 0 Å². The lowest BCUT2D eigenvalue weighted by Gasteiger charge is -2.14. The molecule has 0 unspecified atom stereocenters. The van der Waals surface area contributed by atoms with Crippen molar-refractivity contribution < 1.29 is 19.3 Å². The fraction of sp³-hybridized carbons (Fsp3) is 0.125. The molecule has 0 saturated carbocycles. The van der Waals surface area contributed by atoms with Crippen molar-refractivity contribution in [3.05, 3.63) is 78.5 Å². The molecule has 0 atom stereocenters. The number of phenols is 1. The van der Waals surface area contributed by atoms with Crippen LogP contribution in [0.25, 0.3) is 22.0 Å². The van der Waals surface area contributed by atoms with Gasteiger partial charge in [-0.3, -0.25) is 4.98 Å². The van der Waals surface area contributed by atoms with Gasteiger partial charge >= 0.3 is 0 Å². The van der Waals surface area contributed by atoms with Crippen LogP contribution < -0.4 is 14.2 Å². The number of nitrogens with zero attached hydrogens (tertiary/aromatic N) is 1. The molecule has 4 aromatic rings. The molecular formula is C24H21NO4. The number of pyridine rings is 1. The summed E-state index contributed by atoms with van der Waals surface area (Å²) in [6.07, 6.45) is 1.74. The molecule has 1 aromatic heterocycles. The molecular weight excluding hydrogens is 366 g/mol. The summed E-state index contributed by atoms with van der Waals surface area (Å²) in [6.45, 7) is 0.432. The molecule has 0 aliphatic heterocycles. The third-order valence-corrected chi connectivity index (χ3v) is 4.74. The molecule has 0 spiro atoms. The third-order valence-electron chi connectivity index (χ3n) is 4.74. The van der Waals surface area contributed by atoms with E-state index in [1.54, 1.807) is 25.4 Å². The van der Waals surface area contributed by atoms with E-state index >= 15 is 0 Å². The second-order valence-electron chi connectivity index (χ2n) is 6.54. The first-order chi connectivity index (χ1) is 14.2. The number of aromatic nitrogens is 1. The number of benzene rings is 3. The zero-order chi connectivity index (χ0) is 20.2. The standard InChI is InChI=1S/C24H21NO4/c1-27-21-9-8-18(13-23(21)29-15-16-6-4-3-5-7-16)24-19-14-20(26)22(28-2)12-17(19)10-11-25-24/h3-14,26H,15H2,1-2H3. The zero-order valence-electron chi connectivity index (χ0n) is 16.3. The van der Waals surface area contributed by atoms with Crippen molar-refractivity contribution in [2.45, 2.75) is 6.61 Å². The Balaban J connectivity index is 1.74. The van der Waals surface area contributed by atoms with Gasteiger partial charge in [-0.1, -0.05) is 30.3 Å². The number of rotatable bonds is 6. The Hall–Kier alpha value is -3.73. The Morgan fingerprint density at radius 3 is 2.38 bits per heavy atom. The van der Waals surface area contributed by atoms with E-state index in [4.69, 9.17) is 14.2 Å². The average molecular weight is 387 g/mol. The fourth-order valence-corrected chi connectivity index (χ4v) is 3.25. The molecule has 1 heterocycles. The van der Waals surface area contributed by atoms with E-state index in [0.717, 1.165) is 27.6 Å². The van der Waals surface area contributed by atoms with E-state index in [9.17, 15) is 5.11 Å². The maximum atomic E-state index is 10.2. The molecule has 0 amide bonds. The van der Waals surface area contributed by atoms with Gasteiger partial charge in [0.15, 0.2) is 23.0 Å². The zero-order valence-corrected chi connectivity index (χ0v) is 16.3. The second-order valence-corrected chi connectivity index (χ2v) is 6.54. The number of phenolic OH excluding ortho intramolecular Hbond substituents is 1. The molecule has 0 saturated heterocycles. The summed E-state index contributed by atoms with van der Waals surface area (Å²) < 4.78 is 16.7. The quantitative estimate of drug-likeness (QED) is 0.492. The predicted octanol–water partition coefficient (Wildman–Crippen LogP) is 5.20. The van der Waals surface area contributed by atoms with Gasteiger partial charge in [-0.15, -0.1) is 0 Å². The summed E-state index contributed by atoms with van der Waals surface area (Å²) in [4.78, 5) is 4.54. The van der Waals surface area contributed by atoms with Crippen LogP contribution >= 0.6 is 0 Å². The van der Waals surface area contributed by atoms with Crippen LogP contribution in [0, 0.1) is 0 Å². The van der Waals surface area contributed by atoms with Crippen molar-refractivity contribution in [3.8, 4) is 34.3 Å². The van der Waals surface area contributed by atoms with E-state index in [2.05, 4.69) is 4.98 Å². The second kappa shape index (κ2) is 8.10. The molecule has 0 fully saturated rings. The van der Waals surface area contributed by atoms with Crippen LogP contribution in [0.4, 0.5) is 0 Å². The molecule has 4 rings (SSSR count). The first-order valence-corrected chi connectivity index (χ1v) is 9.20.